The van der Waals surface area contributed by atoms with Crippen LogP contribution < -0.4 is 5.32 Å². The van der Waals surface area contributed by atoms with Gasteiger partial charge in [-0.05, 0) is 43.3 Å². The van der Waals surface area contributed by atoms with Crippen molar-refractivity contribution in [2.24, 2.45) is 0 Å². The molecule has 0 radical (unpaired) electrons. The zero-order valence-electron chi connectivity index (χ0n) is 13.7. The Labute approximate surface area is 145 Å². The number of anilines is 1. The van der Waals surface area contributed by atoms with Crippen LogP contribution in [0.2, 0.25) is 0 Å². The zero-order chi connectivity index (χ0) is 16.9. The molecule has 0 aromatic carbocycles. The van der Waals surface area contributed by atoms with Crippen LogP contribution in [0, 0.1) is 18.3 Å². The molecule has 3 heterocycles. The maximum Gasteiger partial charge on any atom is 0.226 e. The predicted molar refractivity (Wildman–Crippen MR) is 93.8 cm³/mol. The molecule has 1 atom stereocenters. The molecule has 0 aliphatic carbocycles. The molecule has 1 fully saturated rings. The fourth-order valence-electron chi connectivity index (χ4n) is 3.11. The van der Waals surface area contributed by atoms with Gasteiger partial charge in [-0.15, -0.1) is 11.3 Å². The lowest BCUT2D eigenvalue weighted by Crippen LogP contribution is -2.35. The van der Waals surface area contributed by atoms with Crippen LogP contribution >= 0.6 is 11.3 Å². The van der Waals surface area contributed by atoms with Gasteiger partial charge in [0, 0.05) is 25.2 Å². The molecule has 0 saturated carbocycles. The normalized spacial score (nSPS) is 17.8. The van der Waals surface area contributed by atoms with E-state index in [0.717, 1.165) is 32.5 Å². The minimum absolute atomic E-state index is 0.0328. The number of nitrogens with one attached hydrogen (secondary N) is 1. The van der Waals surface area contributed by atoms with Gasteiger partial charge in [0.2, 0.25) is 5.91 Å². The number of hydrogen-bond acceptors (Lipinski definition) is 5. The first kappa shape index (κ1) is 16.7. The summed E-state index contributed by atoms with van der Waals surface area (Å²) in [7, 11) is 0. The molecule has 126 valence electrons. The maximum atomic E-state index is 12.1. The van der Waals surface area contributed by atoms with Crippen molar-refractivity contribution in [3.8, 4) is 6.07 Å². The highest BCUT2D eigenvalue weighted by Gasteiger charge is 2.25. The summed E-state index contributed by atoms with van der Waals surface area (Å²) in [5.41, 5.74) is 1.70. The molecule has 3 rings (SSSR count). The van der Waals surface area contributed by atoms with E-state index in [0.29, 0.717) is 23.0 Å². The Morgan fingerprint density at radius 2 is 2.46 bits per heavy atom. The summed E-state index contributed by atoms with van der Waals surface area (Å²) in [6.45, 7) is 4.68. The summed E-state index contributed by atoms with van der Waals surface area (Å²) in [6, 6.07) is 4.25. The van der Waals surface area contributed by atoms with Crippen LogP contribution in [0.3, 0.4) is 0 Å². The van der Waals surface area contributed by atoms with Crippen LogP contribution in [-0.2, 0) is 11.3 Å². The Morgan fingerprint density at radius 1 is 1.58 bits per heavy atom. The van der Waals surface area contributed by atoms with E-state index in [-0.39, 0.29) is 5.91 Å². The number of likely N-dealkylation sites (tertiary alicyclic amines) is 1. The first-order valence-corrected chi connectivity index (χ1v) is 9.04. The molecular formula is C17H21N5OS. The monoisotopic (exact) mass is 343 g/mol. The lowest BCUT2D eigenvalue weighted by Gasteiger charge is -2.24. The number of rotatable bonds is 6. The quantitative estimate of drug-likeness (QED) is 0.875. The number of thiophene rings is 1. The van der Waals surface area contributed by atoms with Gasteiger partial charge in [-0.3, -0.25) is 14.4 Å². The van der Waals surface area contributed by atoms with Crippen molar-refractivity contribution in [3.63, 3.8) is 0 Å². The third kappa shape index (κ3) is 4.02. The van der Waals surface area contributed by atoms with Crippen molar-refractivity contribution in [1.82, 2.24) is 14.7 Å². The summed E-state index contributed by atoms with van der Waals surface area (Å²) >= 11 is 1.39. The van der Waals surface area contributed by atoms with E-state index in [1.54, 1.807) is 6.07 Å². The van der Waals surface area contributed by atoms with Crippen LogP contribution in [0.15, 0.2) is 23.8 Å². The van der Waals surface area contributed by atoms with Gasteiger partial charge in [0.05, 0.1) is 18.3 Å². The summed E-state index contributed by atoms with van der Waals surface area (Å²) in [5.74, 6) is -0.0328. The molecule has 2 aromatic heterocycles. The number of nitriles is 1. The molecule has 1 aliphatic rings. The number of amides is 1. The van der Waals surface area contributed by atoms with Crippen molar-refractivity contribution in [1.29, 1.82) is 5.26 Å². The van der Waals surface area contributed by atoms with Crippen LogP contribution in [0.5, 0.6) is 0 Å². The fraction of sp³-hybridized carbons (Fsp3) is 0.471. The molecule has 1 amide bonds. The van der Waals surface area contributed by atoms with Crippen molar-refractivity contribution >= 4 is 22.2 Å². The van der Waals surface area contributed by atoms with E-state index in [1.165, 1.54) is 16.9 Å². The topological polar surface area (TPSA) is 74.0 Å². The molecule has 24 heavy (non-hydrogen) atoms. The fourth-order valence-corrected chi connectivity index (χ4v) is 3.86. The van der Waals surface area contributed by atoms with Gasteiger partial charge in [-0.1, -0.05) is 0 Å². The number of hydrogen-bond donors (Lipinski definition) is 1. The highest BCUT2D eigenvalue weighted by atomic mass is 32.1. The summed E-state index contributed by atoms with van der Waals surface area (Å²) in [5, 5.41) is 18.7. The maximum absolute atomic E-state index is 12.1. The van der Waals surface area contributed by atoms with Gasteiger partial charge < -0.3 is 5.32 Å². The molecule has 2 aromatic rings. The third-order valence-electron chi connectivity index (χ3n) is 4.32. The van der Waals surface area contributed by atoms with Gasteiger partial charge in [0.15, 0.2) is 0 Å². The molecule has 0 spiro atoms. The summed E-state index contributed by atoms with van der Waals surface area (Å²) in [4.78, 5) is 14.5. The second-order valence-corrected chi connectivity index (χ2v) is 7.06. The number of carbonyl (C=O) groups is 1. The van der Waals surface area contributed by atoms with Gasteiger partial charge in [-0.2, -0.15) is 10.4 Å². The van der Waals surface area contributed by atoms with E-state index in [2.05, 4.69) is 27.6 Å². The lowest BCUT2D eigenvalue weighted by atomic mass is 10.2. The van der Waals surface area contributed by atoms with Gasteiger partial charge in [-0.25, -0.2) is 0 Å². The van der Waals surface area contributed by atoms with E-state index in [4.69, 9.17) is 5.26 Å². The van der Waals surface area contributed by atoms with E-state index in [1.807, 2.05) is 23.2 Å². The smallest absolute Gasteiger partial charge is 0.226 e. The predicted octanol–water partition coefficient (Wildman–Crippen LogP) is 2.62. The van der Waals surface area contributed by atoms with E-state index in [9.17, 15) is 4.79 Å². The number of aryl methyl sites for hydroxylation is 1. The van der Waals surface area contributed by atoms with Gasteiger partial charge >= 0.3 is 0 Å². The van der Waals surface area contributed by atoms with Crippen LogP contribution in [0.25, 0.3) is 0 Å². The van der Waals surface area contributed by atoms with Gasteiger partial charge in [0.1, 0.15) is 11.1 Å². The van der Waals surface area contributed by atoms with E-state index < -0.39 is 0 Å². The number of carbonyl (C=O) groups excluding carboxylic acids is 1. The average Bonchev–Trinajstić information content (AvgIpc) is 3.28. The average molecular weight is 343 g/mol. The SMILES string of the molecule is Cc1cnn(C[C@H]2CCCN2CCC(=O)Nc2sccc2C#N)c1. The molecule has 6 nitrogen and oxygen atoms in total. The minimum Gasteiger partial charge on any atom is -0.317 e. The third-order valence-corrected chi connectivity index (χ3v) is 5.15. The molecule has 1 aliphatic heterocycles. The standard InChI is InChI=1S/C17H21N5OS/c1-13-10-19-22(11-13)12-15-3-2-6-21(15)7-4-16(23)20-17-14(9-18)5-8-24-17/h5,8,10-11,15H,2-4,6-7,12H2,1H3,(H,20,23)/t15-/m1/s1. The lowest BCUT2D eigenvalue weighted by molar-refractivity contribution is -0.116. The Kier molecular flexibility index (Phi) is 5.28. The highest BCUT2D eigenvalue weighted by Crippen LogP contribution is 2.23. The van der Waals surface area contributed by atoms with Crippen LogP contribution in [0.1, 0.15) is 30.4 Å². The molecule has 7 heteroatoms. The molecule has 0 unspecified atom stereocenters. The van der Waals surface area contributed by atoms with E-state index >= 15 is 0 Å². The van der Waals surface area contributed by atoms with Crippen molar-refractivity contribution < 1.29 is 4.79 Å². The summed E-state index contributed by atoms with van der Waals surface area (Å²) < 4.78 is 1.99. The van der Waals surface area contributed by atoms with Crippen molar-refractivity contribution in [2.45, 2.75) is 38.8 Å². The Balaban J connectivity index is 1.50. The number of nitrogens with zero attached hydrogens (tertiary/aromatic N) is 4. The van der Waals surface area contributed by atoms with Crippen molar-refractivity contribution in [3.05, 3.63) is 35.0 Å². The number of aromatic nitrogens is 2. The second-order valence-electron chi connectivity index (χ2n) is 6.15. The molecule has 1 saturated heterocycles. The van der Waals surface area contributed by atoms with Crippen LogP contribution in [0.4, 0.5) is 5.00 Å². The molecular weight excluding hydrogens is 322 g/mol. The molecule has 1 N–H and O–H groups in total. The molecule has 0 bridgehead atoms. The largest absolute Gasteiger partial charge is 0.317 e. The Hall–Kier alpha value is -2.17. The van der Waals surface area contributed by atoms with Crippen molar-refractivity contribution in [2.75, 3.05) is 18.4 Å². The first-order valence-electron chi connectivity index (χ1n) is 8.16. The zero-order valence-corrected chi connectivity index (χ0v) is 14.6. The highest BCUT2D eigenvalue weighted by molar-refractivity contribution is 7.14. The Bertz CT molecular complexity index is 744. The van der Waals surface area contributed by atoms with Crippen LogP contribution in [-0.4, -0.2) is 39.7 Å². The minimum atomic E-state index is -0.0328. The Morgan fingerprint density at radius 3 is 3.21 bits per heavy atom. The van der Waals surface area contributed by atoms with Gasteiger partial charge in [0.25, 0.3) is 0 Å². The first-order chi connectivity index (χ1) is 11.7. The summed E-state index contributed by atoms with van der Waals surface area (Å²) in [6.07, 6.45) is 6.68. The second kappa shape index (κ2) is 7.60.